The number of carbonyl (C=O) groups is 1. The Morgan fingerprint density at radius 1 is 1.32 bits per heavy atom. The van der Waals surface area contributed by atoms with Gasteiger partial charge in [0.25, 0.3) is 0 Å². The van der Waals surface area contributed by atoms with Gasteiger partial charge in [-0.2, -0.15) is 4.99 Å². The number of anilines is 1. The van der Waals surface area contributed by atoms with Crippen molar-refractivity contribution in [3.8, 4) is 11.5 Å². The number of fused-ring (bicyclic) bond motifs is 2. The number of thioether (sulfide) groups is 1. The molecule has 0 N–H and O–H groups in total. The van der Waals surface area contributed by atoms with E-state index in [4.69, 9.17) is 9.47 Å². The first-order valence-electron chi connectivity index (χ1n) is 8.14. The molecular weight excluding hydrogens is 364 g/mol. The number of hydrogen-bond acceptors (Lipinski definition) is 6. The molecule has 3 aliphatic rings. The van der Waals surface area contributed by atoms with E-state index in [1.165, 1.54) is 11.8 Å². The zero-order valence-corrected chi connectivity index (χ0v) is 15.3. The summed E-state index contributed by atoms with van der Waals surface area (Å²) >= 11 is 1.38. The molecule has 0 saturated carbocycles. The van der Waals surface area contributed by atoms with Gasteiger partial charge in [0.2, 0.25) is 12.7 Å². The summed E-state index contributed by atoms with van der Waals surface area (Å²) in [5.74, 6) is 1.28. The topological polar surface area (TPSA) is 85.3 Å². The minimum absolute atomic E-state index is 0.0695. The monoisotopic (exact) mass is 382 g/mol. The molecule has 1 amide bonds. The predicted octanol–water partition coefficient (Wildman–Crippen LogP) is 1.82. The van der Waals surface area contributed by atoms with E-state index < -0.39 is 9.84 Å². The van der Waals surface area contributed by atoms with Gasteiger partial charge < -0.3 is 14.4 Å². The van der Waals surface area contributed by atoms with E-state index in [0.717, 1.165) is 12.1 Å². The molecule has 3 heterocycles. The third-order valence-corrected chi connectivity index (χ3v) is 7.59. The Hall–Kier alpha value is -1.74. The van der Waals surface area contributed by atoms with Crippen molar-refractivity contribution in [3.05, 3.63) is 18.2 Å². The molecule has 25 heavy (non-hydrogen) atoms. The Balaban J connectivity index is 1.72. The first-order chi connectivity index (χ1) is 12.0. The minimum atomic E-state index is -3.08. The number of nitrogens with zero attached hydrogens (tertiary/aromatic N) is 2. The van der Waals surface area contributed by atoms with Crippen molar-refractivity contribution in [2.24, 2.45) is 4.99 Å². The minimum Gasteiger partial charge on any atom is -0.454 e. The van der Waals surface area contributed by atoms with E-state index >= 15 is 0 Å². The fraction of sp³-hybridized carbons (Fsp3) is 0.500. The molecule has 2 atom stereocenters. The van der Waals surface area contributed by atoms with Crippen molar-refractivity contribution in [1.29, 1.82) is 0 Å². The second-order valence-corrected chi connectivity index (χ2v) is 9.61. The smallest absolute Gasteiger partial charge is 0.248 e. The number of sulfone groups is 1. The second kappa shape index (κ2) is 6.21. The van der Waals surface area contributed by atoms with Crippen LogP contribution in [0.15, 0.2) is 23.2 Å². The molecule has 9 heteroatoms. The standard InChI is InChI=1S/C16H18N2O5S2/c1-2-3-15(19)17-16-18(11-7-25(20,21)8-14(11)24-16)10-4-5-12-13(6-10)23-9-22-12/h4-6,11,14H,2-3,7-9H2,1H3. The largest absolute Gasteiger partial charge is 0.454 e. The number of amides is 1. The number of aliphatic imine (C=N–C) groups is 1. The summed E-state index contributed by atoms with van der Waals surface area (Å²) < 4.78 is 34.9. The van der Waals surface area contributed by atoms with Crippen molar-refractivity contribution in [2.75, 3.05) is 23.2 Å². The van der Waals surface area contributed by atoms with Crippen LogP contribution in [0.4, 0.5) is 5.69 Å². The van der Waals surface area contributed by atoms with E-state index in [1.54, 1.807) is 6.07 Å². The Morgan fingerprint density at radius 3 is 2.92 bits per heavy atom. The Bertz CT molecular complexity index is 852. The normalized spacial score (nSPS) is 27.7. The fourth-order valence-electron chi connectivity index (χ4n) is 3.28. The molecular formula is C16H18N2O5S2. The number of benzene rings is 1. The number of amidine groups is 1. The molecule has 7 nitrogen and oxygen atoms in total. The molecule has 0 aromatic heterocycles. The highest BCUT2D eigenvalue weighted by Crippen LogP contribution is 2.43. The van der Waals surface area contributed by atoms with Gasteiger partial charge >= 0.3 is 0 Å². The number of rotatable bonds is 3. The van der Waals surface area contributed by atoms with Gasteiger partial charge in [0.15, 0.2) is 26.5 Å². The Labute approximate surface area is 150 Å². The van der Waals surface area contributed by atoms with Crippen LogP contribution in [-0.4, -0.2) is 49.1 Å². The number of hydrogen-bond donors (Lipinski definition) is 0. The molecule has 0 radical (unpaired) electrons. The van der Waals surface area contributed by atoms with Crippen LogP contribution in [0.1, 0.15) is 19.8 Å². The Morgan fingerprint density at radius 2 is 2.12 bits per heavy atom. The molecule has 2 saturated heterocycles. The average Bonchev–Trinajstić information content (AvgIpc) is 3.18. The fourth-order valence-corrected chi connectivity index (χ4v) is 7.21. The van der Waals surface area contributed by atoms with Gasteiger partial charge in [0, 0.05) is 23.4 Å². The summed E-state index contributed by atoms with van der Waals surface area (Å²) in [6, 6.07) is 5.24. The third-order valence-electron chi connectivity index (χ3n) is 4.39. The van der Waals surface area contributed by atoms with Gasteiger partial charge in [-0.3, -0.25) is 4.79 Å². The molecule has 3 aliphatic heterocycles. The zero-order valence-electron chi connectivity index (χ0n) is 13.7. The highest BCUT2D eigenvalue weighted by molar-refractivity contribution is 8.16. The molecule has 0 spiro atoms. The summed E-state index contributed by atoms with van der Waals surface area (Å²) in [6.45, 7) is 2.10. The molecule has 1 aromatic rings. The van der Waals surface area contributed by atoms with Crippen LogP contribution in [-0.2, 0) is 14.6 Å². The quantitative estimate of drug-likeness (QED) is 0.788. The zero-order chi connectivity index (χ0) is 17.6. The summed E-state index contributed by atoms with van der Waals surface area (Å²) in [5.41, 5.74) is 0.768. The number of carbonyl (C=O) groups excluding carboxylic acids is 1. The lowest BCUT2D eigenvalue weighted by atomic mass is 10.2. The van der Waals surface area contributed by atoms with Gasteiger partial charge in [-0.1, -0.05) is 18.7 Å². The average molecular weight is 382 g/mol. The van der Waals surface area contributed by atoms with Crippen LogP contribution in [0.5, 0.6) is 11.5 Å². The molecule has 134 valence electrons. The van der Waals surface area contributed by atoms with E-state index in [0.29, 0.717) is 23.1 Å². The lowest BCUT2D eigenvalue weighted by Gasteiger charge is -2.24. The maximum atomic E-state index is 12.0. The summed E-state index contributed by atoms with van der Waals surface area (Å²) in [6.07, 6.45) is 1.11. The van der Waals surface area contributed by atoms with Gasteiger partial charge in [-0.15, -0.1) is 0 Å². The third kappa shape index (κ3) is 3.10. The first kappa shape index (κ1) is 16.7. The van der Waals surface area contributed by atoms with Crippen molar-refractivity contribution < 1.29 is 22.7 Å². The van der Waals surface area contributed by atoms with E-state index in [9.17, 15) is 13.2 Å². The Kier molecular flexibility index (Phi) is 4.15. The summed E-state index contributed by atoms with van der Waals surface area (Å²) in [5, 5.41) is 0.464. The van der Waals surface area contributed by atoms with Crippen LogP contribution in [0.3, 0.4) is 0 Å². The number of ether oxygens (including phenoxy) is 2. The SMILES string of the molecule is CCCC(=O)N=C1SC2CS(=O)(=O)CC2N1c1ccc2c(c1)OCO2. The lowest BCUT2D eigenvalue weighted by Crippen LogP contribution is -2.37. The first-order valence-corrected chi connectivity index (χ1v) is 10.8. The van der Waals surface area contributed by atoms with E-state index in [-0.39, 0.29) is 35.5 Å². The molecule has 0 bridgehead atoms. The van der Waals surface area contributed by atoms with Gasteiger partial charge in [0.05, 0.1) is 17.5 Å². The van der Waals surface area contributed by atoms with Crippen LogP contribution in [0.2, 0.25) is 0 Å². The summed E-state index contributed by atoms with van der Waals surface area (Å²) in [4.78, 5) is 18.1. The molecule has 2 unspecified atom stereocenters. The highest BCUT2D eigenvalue weighted by Gasteiger charge is 2.49. The van der Waals surface area contributed by atoms with Crippen LogP contribution in [0.25, 0.3) is 0 Å². The van der Waals surface area contributed by atoms with Gasteiger partial charge in [-0.25, -0.2) is 8.42 Å². The maximum Gasteiger partial charge on any atom is 0.248 e. The van der Waals surface area contributed by atoms with Crippen molar-refractivity contribution in [3.63, 3.8) is 0 Å². The maximum absolute atomic E-state index is 12.0. The molecule has 1 aromatic carbocycles. The van der Waals surface area contributed by atoms with Crippen LogP contribution < -0.4 is 14.4 Å². The van der Waals surface area contributed by atoms with Crippen molar-refractivity contribution in [1.82, 2.24) is 0 Å². The predicted molar refractivity (Wildman–Crippen MR) is 96.2 cm³/mol. The van der Waals surface area contributed by atoms with Gasteiger partial charge in [0.1, 0.15) is 0 Å². The highest BCUT2D eigenvalue weighted by atomic mass is 32.2. The van der Waals surface area contributed by atoms with E-state index in [2.05, 4.69) is 4.99 Å². The molecule has 2 fully saturated rings. The van der Waals surface area contributed by atoms with E-state index in [1.807, 2.05) is 24.0 Å². The lowest BCUT2D eigenvalue weighted by molar-refractivity contribution is -0.117. The van der Waals surface area contributed by atoms with Crippen molar-refractivity contribution in [2.45, 2.75) is 31.1 Å². The van der Waals surface area contributed by atoms with Crippen LogP contribution in [0, 0.1) is 0 Å². The summed E-state index contributed by atoms with van der Waals surface area (Å²) in [7, 11) is -3.08. The molecule has 0 aliphatic carbocycles. The van der Waals surface area contributed by atoms with Gasteiger partial charge in [-0.05, 0) is 18.6 Å². The van der Waals surface area contributed by atoms with Crippen molar-refractivity contribution >= 4 is 38.4 Å². The molecule has 4 rings (SSSR count). The van der Waals surface area contributed by atoms with Crippen LogP contribution >= 0.6 is 11.8 Å². The second-order valence-electron chi connectivity index (χ2n) is 6.25.